The quantitative estimate of drug-likeness (QED) is 0.852. The van der Waals surface area contributed by atoms with Gasteiger partial charge in [-0.25, -0.2) is 0 Å². The van der Waals surface area contributed by atoms with Crippen LogP contribution in [0.1, 0.15) is 31.2 Å². The third-order valence-corrected chi connectivity index (χ3v) is 4.15. The van der Waals surface area contributed by atoms with Gasteiger partial charge in [0.2, 0.25) is 0 Å². The van der Waals surface area contributed by atoms with E-state index in [1.807, 2.05) is 24.4 Å². The summed E-state index contributed by atoms with van der Waals surface area (Å²) in [6.45, 7) is 0. The summed E-state index contributed by atoms with van der Waals surface area (Å²) in [6.07, 6.45) is 11.8. The molecule has 0 aliphatic heterocycles. The Morgan fingerprint density at radius 1 is 1.05 bits per heavy atom. The molecule has 2 heterocycles. The van der Waals surface area contributed by atoms with Crippen molar-refractivity contribution in [2.75, 3.05) is 5.32 Å². The Balaban J connectivity index is 1.75. The predicted molar refractivity (Wildman–Crippen MR) is 88.0 cm³/mol. The summed E-state index contributed by atoms with van der Waals surface area (Å²) < 4.78 is 0. The van der Waals surface area contributed by atoms with Crippen LogP contribution in [0.5, 0.6) is 0 Å². The van der Waals surface area contributed by atoms with Crippen molar-refractivity contribution < 1.29 is 0 Å². The first kappa shape index (κ1) is 13.9. The van der Waals surface area contributed by atoms with Crippen LogP contribution in [0, 0.1) is 0 Å². The Kier molecular flexibility index (Phi) is 4.10. The summed E-state index contributed by atoms with van der Waals surface area (Å²) in [7, 11) is 0. The summed E-state index contributed by atoms with van der Waals surface area (Å²) in [6, 6.07) is 7.94. The van der Waals surface area contributed by atoms with Gasteiger partial charge in [-0.3, -0.25) is 9.97 Å². The van der Waals surface area contributed by atoms with Crippen molar-refractivity contribution >= 4 is 23.0 Å². The van der Waals surface area contributed by atoms with Crippen molar-refractivity contribution in [2.24, 2.45) is 0 Å². The van der Waals surface area contributed by atoms with Crippen LogP contribution in [-0.4, -0.2) is 15.1 Å². The summed E-state index contributed by atoms with van der Waals surface area (Å²) in [5.74, 6) is 0. The first-order valence-corrected chi connectivity index (χ1v) is 7.59. The highest BCUT2D eigenvalue weighted by Gasteiger charge is 2.36. The molecule has 1 aliphatic carbocycles. The average molecular weight is 298 g/mol. The molecule has 2 N–H and O–H groups in total. The Labute approximate surface area is 130 Å². The molecule has 0 aromatic carbocycles. The lowest BCUT2D eigenvalue weighted by molar-refractivity contribution is 0.407. The summed E-state index contributed by atoms with van der Waals surface area (Å²) in [5, 5.41) is 7.34. The molecule has 2 aromatic heterocycles. The van der Waals surface area contributed by atoms with Crippen LogP contribution >= 0.6 is 12.2 Å². The highest BCUT2D eigenvalue weighted by atomic mass is 32.1. The minimum absolute atomic E-state index is 0.0967. The normalized spacial score (nSPS) is 16.4. The SMILES string of the molecule is S=C(Nc1cccnc1)NC1(c2cccnc2)CCCC1. The van der Waals surface area contributed by atoms with Crippen molar-refractivity contribution in [3.8, 4) is 0 Å². The summed E-state index contributed by atoms with van der Waals surface area (Å²) in [5.41, 5.74) is 2.01. The molecule has 4 nitrogen and oxygen atoms in total. The van der Waals surface area contributed by atoms with E-state index in [1.165, 1.54) is 18.4 Å². The van der Waals surface area contributed by atoms with Crippen molar-refractivity contribution in [3.05, 3.63) is 54.6 Å². The van der Waals surface area contributed by atoms with Gasteiger partial charge in [0.15, 0.2) is 5.11 Å². The second-order valence-corrected chi connectivity index (χ2v) is 5.76. The molecular weight excluding hydrogens is 280 g/mol. The third-order valence-electron chi connectivity index (χ3n) is 3.94. The van der Waals surface area contributed by atoms with E-state index in [0.29, 0.717) is 5.11 Å². The zero-order valence-corrected chi connectivity index (χ0v) is 12.6. The monoisotopic (exact) mass is 298 g/mol. The number of hydrogen-bond acceptors (Lipinski definition) is 3. The standard InChI is InChI=1S/C16H18N4S/c21-15(19-14-6-4-10-18-12-14)20-16(7-1-2-8-16)13-5-3-9-17-11-13/h3-6,9-12H,1-2,7-8H2,(H2,19,20,21). The van der Waals surface area contributed by atoms with Crippen LogP contribution in [0.15, 0.2) is 49.1 Å². The molecule has 0 saturated heterocycles. The first-order chi connectivity index (χ1) is 10.3. The molecule has 3 rings (SSSR count). The largest absolute Gasteiger partial charge is 0.353 e. The van der Waals surface area contributed by atoms with E-state index in [2.05, 4.69) is 26.7 Å². The molecule has 0 amide bonds. The van der Waals surface area contributed by atoms with Gasteiger partial charge in [-0.15, -0.1) is 0 Å². The molecule has 0 unspecified atom stereocenters. The topological polar surface area (TPSA) is 49.8 Å². The number of nitrogens with one attached hydrogen (secondary N) is 2. The Morgan fingerprint density at radius 2 is 1.76 bits per heavy atom. The molecular formula is C16H18N4S. The zero-order chi connectivity index (χ0) is 14.5. The number of anilines is 1. The summed E-state index contributed by atoms with van der Waals surface area (Å²) >= 11 is 5.47. The maximum atomic E-state index is 5.47. The number of rotatable bonds is 3. The van der Waals surface area contributed by atoms with Crippen LogP contribution in [-0.2, 0) is 5.54 Å². The van der Waals surface area contributed by atoms with Crippen molar-refractivity contribution in [1.29, 1.82) is 0 Å². The first-order valence-electron chi connectivity index (χ1n) is 7.18. The van der Waals surface area contributed by atoms with Gasteiger partial charge < -0.3 is 10.6 Å². The van der Waals surface area contributed by atoms with Gasteiger partial charge in [-0.1, -0.05) is 18.9 Å². The Morgan fingerprint density at radius 3 is 2.38 bits per heavy atom. The van der Waals surface area contributed by atoms with E-state index in [-0.39, 0.29) is 5.54 Å². The Hall–Kier alpha value is -2.01. The molecule has 5 heteroatoms. The average Bonchev–Trinajstić information content (AvgIpc) is 2.99. The third kappa shape index (κ3) is 3.19. The maximum Gasteiger partial charge on any atom is 0.171 e. The van der Waals surface area contributed by atoms with E-state index in [4.69, 9.17) is 12.2 Å². The van der Waals surface area contributed by atoms with Gasteiger partial charge in [-0.05, 0) is 48.8 Å². The second-order valence-electron chi connectivity index (χ2n) is 5.35. The minimum Gasteiger partial charge on any atom is -0.353 e. The summed E-state index contributed by atoms with van der Waals surface area (Å²) in [4.78, 5) is 8.34. The van der Waals surface area contributed by atoms with Crippen LogP contribution in [0.2, 0.25) is 0 Å². The van der Waals surface area contributed by atoms with E-state index in [1.54, 1.807) is 18.6 Å². The highest BCUT2D eigenvalue weighted by molar-refractivity contribution is 7.80. The molecule has 1 saturated carbocycles. The van der Waals surface area contributed by atoms with Crippen molar-refractivity contribution in [3.63, 3.8) is 0 Å². The van der Waals surface area contributed by atoms with E-state index in [0.717, 1.165) is 18.5 Å². The number of pyridine rings is 2. The fourth-order valence-corrected chi connectivity index (χ4v) is 3.24. The van der Waals surface area contributed by atoms with Gasteiger partial charge in [0.1, 0.15) is 0 Å². The minimum atomic E-state index is -0.0967. The molecule has 0 radical (unpaired) electrons. The van der Waals surface area contributed by atoms with Gasteiger partial charge in [0, 0.05) is 18.6 Å². The smallest absolute Gasteiger partial charge is 0.171 e. The van der Waals surface area contributed by atoms with E-state index in [9.17, 15) is 0 Å². The maximum absolute atomic E-state index is 5.47. The second kappa shape index (κ2) is 6.18. The van der Waals surface area contributed by atoms with Crippen molar-refractivity contribution in [1.82, 2.24) is 15.3 Å². The van der Waals surface area contributed by atoms with Gasteiger partial charge in [0.25, 0.3) is 0 Å². The highest BCUT2D eigenvalue weighted by Crippen LogP contribution is 2.38. The lowest BCUT2D eigenvalue weighted by atomic mass is 9.89. The lowest BCUT2D eigenvalue weighted by Gasteiger charge is -2.32. The van der Waals surface area contributed by atoms with Gasteiger partial charge in [-0.2, -0.15) is 0 Å². The molecule has 21 heavy (non-hydrogen) atoms. The van der Waals surface area contributed by atoms with Gasteiger partial charge in [0.05, 0.1) is 17.4 Å². The lowest BCUT2D eigenvalue weighted by Crippen LogP contribution is -2.45. The molecule has 2 aromatic rings. The number of nitrogens with zero attached hydrogens (tertiary/aromatic N) is 2. The Bertz CT molecular complexity index is 594. The van der Waals surface area contributed by atoms with E-state index < -0.39 is 0 Å². The molecule has 0 spiro atoms. The van der Waals surface area contributed by atoms with Crippen LogP contribution < -0.4 is 10.6 Å². The van der Waals surface area contributed by atoms with Crippen LogP contribution in [0.25, 0.3) is 0 Å². The van der Waals surface area contributed by atoms with Crippen LogP contribution in [0.4, 0.5) is 5.69 Å². The number of hydrogen-bond donors (Lipinski definition) is 2. The number of aromatic nitrogens is 2. The molecule has 1 fully saturated rings. The molecule has 0 bridgehead atoms. The zero-order valence-electron chi connectivity index (χ0n) is 11.7. The fourth-order valence-electron chi connectivity index (χ4n) is 2.93. The predicted octanol–water partition coefficient (Wildman–Crippen LogP) is 3.23. The van der Waals surface area contributed by atoms with Gasteiger partial charge >= 0.3 is 0 Å². The molecule has 108 valence electrons. The fraction of sp³-hybridized carbons (Fsp3) is 0.312. The molecule has 1 aliphatic rings. The molecule has 0 atom stereocenters. The number of thiocarbonyl (C=S) groups is 1. The van der Waals surface area contributed by atoms with Crippen LogP contribution in [0.3, 0.4) is 0 Å². The van der Waals surface area contributed by atoms with E-state index >= 15 is 0 Å². The van der Waals surface area contributed by atoms with Crippen molar-refractivity contribution in [2.45, 2.75) is 31.2 Å².